The summed E-state index contributed by atoms with van der Waals surface area (Å²) in [5, 5.41) is 0. The zero-order valence-corrected chi connectivity index (χ0v) is 25.3. The van der Waals surface area contributed by atoms with Crippen molar-refractivity contribution >= 4 is 21.7 Å². The van der Waals surface area contributed by atoms with E-state index in [0.29, 0.717) is 11.8 Å². The average molecular weight is 546 g/mol. The van der Waals surface area contributed by atoms with Crippen LogP contribution in [0, 0.1) is 12.8 Å². The van der Waals surface area contributed by atoms with Gasteiger partial charge in [0.2, 0.25) is 0 Å². The molecule has 1 heterocycles. The van der Waals surface area contributed by atoms with Crippen LogP contribution in [0.5, 0.6) is 0 Å². The van der Waals surface area contributed by atoms with E-state index < -0.39 is 0 Å². The van der Waals surface area contributed by atoms with Gasteiger partial charge in [0.15, 0.2) is 0 Å². The summed E-state index contributed by atoms with van der Waals surface area (Å²) in [5.74, 6) is 2.62. The minimum atomic E-state index is 0. The minimum absolute atomic E-state index is 0. The molecule has 0 saturated carbocycles. The van der Waals surface area contributed by atoms with Gasteiger partial charge in [-0.3, -0.25) is 5.92 Å². The van der Waals surface area contributed by atoms with Crippen molar-refractivity contribution in [2.75, 3.05) is 0 Å². The monoisotopic (exact) mass is 544 g/mol. The van der Waals surface area contributed by atoms with Crippen molar-refractivity contribution in [3.8, 4) is 0 Å². The van der Waals surface area contributed by atoms with E-state index in [-0.39, 0.29) is 26.2 Å². The van der Waals surface area contributed by atoms with E-state index in [1.165, 1.54) is 87.1 Å². The van der Waals surface area contributed by atoms with Gasteiger partial charge in [0, 0.05) is 9.52 Å². The molecule has 5 rings (SSSR count). The third-order valence-electron chi connectivity index (χ3n) is 6.88. The van der Waals surface area contributed by atoms with E-state index in [2.05, 4.69) is 95.3 Å². The minimum Gasteiger partial charge on any atom is -0.343 e. The number of allylic oxidation sites excluding steroid dienone is 2. The third kappa shape index (κ3) is 7.27. The molecule has 0 amide bonds. The summed E-state index contributed by atoms with van der Waals surface area (Å²) in [7, 11) is 1.31. The summed E-state index contributed by atoms with van der Waals surface area (Å²) in [4.78, 5) is 0. The standard InChI is InChI=1S/C24H25.C4H8Si.C4H9.Zr/c1-4-9-22(23-16(2)14-18-10-5-7-12-20(18)23)24-17(3)15-19-11-6-8-13-21(19)24;1-2-4-5-3-1;1-3-4-2;/h5-8,10-15,23-24H,4,9H2,1-3H3;1-4H2;1,3-4H2,2H3;/q-1;;-1;+2. The summed E-state index contributed by atoms with van der Waals surface area (Å²) in [6.07, 6.45) is 12.5. The molecule has 2 heteroatoms. The molecule has 0 N–H and O–H groups in total. The first-order valence-electron chi connectivity index (χ1n) is 13.0. The van der Waals surface area contributed by atoms with E-state index >= 15 is 0 Å². The number of hydrogen-bond acceptors (Lipinski definition) is 0. The van der Waals surface area contributed by atoms with Crippen LogP contribution in [0.1, 0.15) is 100 Å². The molecule has 3 aliphatic rings. The second-order valence-electron chi connectivity index (χ2n) is 9.54. The number of rotatable bonds is 5. The molecule has 0 bridgehead atoms. The van der Waals surface area contributed by atoms with Gasteiger partial charge in [-0.15, -0.1) is 11.8 Å². The number of unbranched alkanes of at least 4 members (excludes halogenated alkanes) is 1. The smallest absolute Gasteiger partial charge is 0.343 e. The van der Waals surface area contributed by atoms with Crippen LogP contribution in [-0.2, 0) is 26.2 Å². The summed E-state index contributed by atoms with van der Waals surface area (Å²) >= 11 is 0. The van der Waals surface area contributed by atoms with Gasteiger partial charge in [-0.1, -0.05) is 135 Å². The van der Waals surface area contributed by atoms with Gasteiger partial charge in [-0.25, -0.2) is 0 Å². The molecule has 0 spiro atoms. The van der Waals surface area contributed by atoms with Gasteiger partial charge in [-0.2, -0.15) is 12.8 Å². The van der Waals surface area contributed by atoms with Crippen molar-refractivity contribution in [1.29, 1.82) is 0 Å². The molecule has 2 aromatic rings. The molecule has 0 aromatic heterocycles. The Balaban J connectivity index is 0.000000347. The van der Waals surface area contributed by atoms with Gasteiger partial charge in [-0.05, 0) is 25.0 Å². The second kappa shape index (κ2) is 15.2. The topological polar surface area (TPSA) is 0 Å². The Bertz CT molecular complexity index is 860. The molecule has 2 unspecified atom stereocenters. The molecule has 2 atom stereocenters. The summed E-state index contributed by atoms with van der Waals surface area (Å²) < 4.78 is 0. The molecule has 0 nitrogen and oxygen atoms in total. The fourth-order valence-electron chi connectivity index (χ4n) is 5.31. The maximum atomic E-state index is 3.60. The van der Waals surface area contributed by atoms with E-state index in [9.17, 15) is 0 Å². The zero-order chi connectivity index (χ0) is 23.6. The van der Waals surface area contributed by atoms with Crippen molar-refractivity contribution < 1.29 is 26.2 Å². The molecule has 1 saturated heterocycles. The van der Waals surface area contributed by atoms with E-state index in [1.54, 1.807) is 5.92 Å². The van der Waals surface area contributed by atoms with E-state index in [4.69, 9.17) is 0 Å². The molecule has 2 radical (unpaired) electrons. The Hall–Kier alpha value is -0.980. The number of hydrogen-bond donors (Lipinski definition) is 0. The van der Waals surface area contributed by atoms with Crippen LogP contribution >= 0.6 is 0 Å². The second-order valence-corrected chi connectivity index (χ2v) is 11.0. The molecular weight excluding hydrogens is 504 g/mol. The molecule has 2 aromatic carbocycles. The maximum absolute atomic E-state index is 3.60. The Kier molecular flexibility index (Phi) is 13.1. The van der Waals surface area contributed by atoms with Gasteiger partial charge in [0.05, 0.1) is 0 Å². The SMILES string of the molecule is C1CC[Si]C1.CCC[C-](C1C(C)=Cc2ccccc21)C1C(C)=Cc2ccccc21.[CH2-]CCC.[Zr+2]. The van der Waals surface area contributed by atoms with Crippen molar-refractivity contribution in [1.82, 2.24) is 0 Å². The summed E-state index contributed by atoms with van der Waals surface area (Å²) in [6, 6.07) is 20.9. The molecule has 34 heavy (non-hydrogen) atoms. The molecule has 1 fully saturated rings. The first-order valence-corrected chi connectivity index (χ1v) is 14.4. The van der Waals surface area contributed by atoms with Crippen molar-refractivity contribution in [3.05, 3.63) is 94.8 Å². The Morgan fingerprint density at radius 3 is 1.59 bits per heavy atom. The van der Waals surface area contributed by atoms with Gasteiger partial charge < -0.3 is 6.92 Å². The zero-order valence-electron chi connectivity index (χ0n) is 21.8. The predicted octanol–water partition coefficient (Wildman–Crippen LogP) is 9.70. The molecule has 2 aliphatic carbocycles. The van der Waals surface area contributed by atoms with Crippen LogP contribution in [-0.4, -0.2) is 9.52 Å². The molecule has 1 aliphatic heterocycles. The number of benzene rings is 2. The molecular formula is C32H42SiZr. The molecule has 178 valence electrons. The largest absolute Gasteiger partial charge is 2.00 e. The van der Waals surface area contributed by atoms with Gasteiger partial charge >= 0.3 is 26.2 Å². The van der Waals surface area contributed by atoms with Crippen LogP contribution < -0.4 is 0 Å². The fraction of sp³-hybridized carbons (Fsp3) is 0.438. The normalized spacial score (nSPS) is 19.6. The first kappa shape index (κ1) is 29.3. The Morgan fingerprint density at radius 1 is 0.794 bits per heavy atom. The van der Waals surface area contributed by atoms with Crippen LogP contribution in [0.4, 0.5) is 0 Å². The average Bonchev–Trinajstić information content (AvgIpc) is 3.57. The van der Waals surface area contributed by atoms with Crippen molar-refractivity contribution in [3.63, 3.8) is 0 Å². The van der Waals surface area contributed by atoms with Crippen LogP contribution in [0.2, 0.25) is 12.1 Å². The van der Waals surface area contributed by atoms with Crippen LogP contribution in [0.25, 0.3) is 12.2 Å². The van der Waals surface area contributed by atoms with E-state index in [0.717, 1.165) is 6.42 Å². The summed E-state index contributed by atoms with van der Waals surface area (Å²) in [5.41, 5.74) is 8.79. The predicted molar refractivity (Wildman–Crippen MR) is 149 cm³/mol. The maximum Gasteiger partial charge on any atom is 2.00 e. The van der Waals surface area contributed by atoms with Crippen LogP contribution in [0.3, 0.4) is 0 Å². The Labute approximate surface area is 231 Å². The van der Waals surface area contributed by atoms with Gasteiger partial charge in [0.25, 0.3) is 0 Å². The summed E-state index contributed by atoms with van der Waals surface area (Å²) in [6.45, 7) is 12.6. The van der Waals surface area contributed by atoms with Crippen molar-refractivity contribution in [2.24, 2.45) is 0 Å². The van der Waals surface area contributed by atoms with Gasteiger partial charge in [0.1, 0.15) is 0 Å². The Morgan fingerprint density at radius 2 is 1.24 bits per heavy atom. The van der Waals surface area contributed by atoms with Crippen LogP contribution in [0.15, 0.2) is 59.7 Å². The fourth-order valence-corrected chi connectivity index (χ4v) is 6.56. The third-order valence-corrected chi connectivity index (χ3v) is 8.30. The first-order chi connectivity index (χ1) is 16.1. The number of fused-ring (bicyclic) bond motifs is 2. The quantitative estimate of drug-likeness (QED) is 0.259. The van der Waals surface area contributed by atoms with Crippen molar-refractivity contribution in [2.45, 2.75) is 90.1 Å². The van der Waals surface area contributed by atoms with E-state index in [1.807, 2.05) is 0 Å².